The van der Waals surface area contributed by atoms with Crippen molar-refractivity contribution in [3.05, 3.63) is 30.3 Å². The van der Waals surface area contributed by atoms with Crippen LogP contribution in [0.3, 0.4) is 0 Å². The van der Waals surface area contributed by atoms with Crippen LogP contribution in [0.1, 0.15) is 19.8 Å². The summed E-state index contributed by atoms with van der Waals surface area (Å²) in [6.07, 6.45) is 2.37. The van der Waals surface area contributed by atoms with Crippen molar-refractivity contribution in [3.8, 4) is 0 Å². The van der Waals surface area contributed by atoms with Crippen molar-refractivity contribution in [1.82, 2.24) is 0 Å². The topological polar surface area (TPSA) is 9.23 Å². The Bertz CT molecular complexity index is 211. The highest BCUT2D eigenvalue weighted by Crippen LogP contribution is 2.16. The molecule has 0 saturated heterocycles. The van der Waals surface area contributed by atoms with Crippen LogP contribution in [0.25, 0.3) is 0 Å². The minimum atomic E-state index is 0.768. The zero-order valence-corrected chi connectivity index (χ0v) is 8.85. The normalized spacial score (nSPS) is 10.2. The number of benzene rings is 1. The Balaban J connectivity index is 2.07. The van der Waals surface area contributed by atoms with Gasteiger partial charge in [-0.15, -0.1) is 0 Å². The van der Waals surface area contributed by atoms with E-state index in [4.69, 9.17) is 4.74 Å². The van der Waals surface area contributed by atoms with Crippen molar-refractivity contribution >= 4 is 11.8 Å². The van der Waals surface area contributed by atoms with E-state index in [2.05, 4.69) is 19.1 Å². The second-order valence-electron chi connectivity index (χ2n) is 2.84. The lowest BCUT2D eigenvalue weighted by molar-refractivity contribution is 0.179. The fourth-order valence-electron chi connectivity index (χ4n) is 0.932. The van der Waals surface area contributed by atoms with E-state index in [-0.39, 0.29) is 0 Å². The van der Waals surface area contributed by atoms with Gasteiger partial charge in [0.1, 0.15) is 0 Å². The Hall–Kier alpha value is -0.470. The molecule has 13 heavy (non-hydrogen) atoms. The van der Waals surface area contributed by atoms with Gasteiger partial charge in [-0.3, -0.25) is 0 Å². The summed E-state index contributed by atoms with van der Waals surface area (Å²) in [5, 5.41) is 0. The van der Waals surface area contributed by atoms with Crippen LogP contribution in [-0.2, 0) is 4.74 Å². The third-order valence-electron chi connectivity index (χ3n) is 1.69. The Labute approximate surface area is 84.5 Å². The van der Waals surface area contributed by atoms with E-state index in [0.29, 0.717) is 0 Å². The van der Waals surface area contributed by atoms with Gasteiger partial charge >= 0.3 is 0 Å². The number of unbranched alkanes of at least 4 members (excludes halogenated alkanes) is 1. The maximum Gasteiger partial charge on any atom is 0.0966 e. The summed E-state index contributed by atoms with van der Waals surface area (Å²) >= 11 is 1.75. The van der Waals surface area contributed by atoms with Crippen LogP contribution in [0.2, 0.25) is 0 Å². The predicted octanol–water partition coefficient (Wildman–Crippen LogP) is 3.55. The molecule has 0 unspecified atom stereocenters. The van der Waals surface area contributed by atoms with Crippen LogP contribution in [0, 0.1) is 0 Å². The largest absolute Gasteiger partial charge is 0.371 e. The highest BCUT2D eigenvalue weighted by molar-refractivity contribution is 7.99. The molecule has 0 bridgehead atoms. The second-order valence-corrected chi connectivity index (χ2v) is 3.83. The predicted molar refractivity (Wildman–Crippen MR) is 58.0 cm³/mol. The third-order valence-corrected chi connectivity index (χ3v) is 2.58. The van der Waals surface area contributed by atoms with Gasteiger partial charge in [-0.1, -0.05) is 43.3 Å². The molecule has 0 atom stereocenters. The molecule has 1 aromatic rings. The van der Waals surface area contributed by atoms with Crippen molar-refractivity contribution in [1.29, 1.82) is 0 Å². The second kappa shape index (κ2) is 6.98. The van der Waals surface area contributed by atoms with Gasteiger partial charge in [0.2, 0.25) is 0 Å². The number of hydrogen-bond donors (Lipinski definition) is 0. The summed E-state index contributed by atoms with van der Waals surface area (Å²) in [4.78, 5) is 1.28. The molecule has 0 aromatic heterocycles. The molecule has 1 rings (SSSR count). The number of rotatable bonds is 6. The maximum atomic E-state index is 5.44. The van der Waals surface area contributed by atoms with Crippen LogP contribution in [0.4, 0.5) is 0 Å². The summed E-state index contributed by atoms with van der Waals surface area (Å²) in [6, 6.07) is 10.3. The zero-order valence-electron chi connectivity index (χ0n) is 8.03. The van der Waals surface area contributed by atoms with Crippen molar-refractivity contribution in [2.75, 3.05) is 12.5 Å². The fourth-order valence-corrected chi connectivity index (χ4v) is 1.62. The molecule has 0 fully saturated rings. The van der Waals surface area contributed by atoms with Gasteiger partial charge in [-0.25, -0.2) is 0 Å². The Morgan fingerprint density at radius 2 is 2.00 bits per heavy atom. The molecule has 0 aliphatic heterocycles. The van der Waals surface area contributed by atoms with Crippen LogP contribution >= 0.6 is 11.8 Å². The summed E-state index contributed by atoms with van der Waals surface area (Å²) in [6.45, 7) is 3.06. The van der Waals surface area contributed by atoms with E-state index in [0.717, 1.165) is 19.0 Å². The molecule has 0 radical (unpaired) electrons. The monoisotopic (exact) mass is 196 g/mol. The smallest absolute Gasteiger partial charge is 0.0966 e. The lowest BCUT2D eigenvalue weighted by Crippen LogP contribution is -1.92. The number of hydrogen-bond acceptors (Lipinski definition) is 2. The van der Waals surface area contributed by atoms with E-state index in [1.165, 1.54) is 11.3 Å². The van der Waals surface area contributed by atoms with Gasteiger partial charge < -0.3 is 4.74 Å². The molecule has 0 heterocycles. The van der Waals surface area contributed by atoms with Crippen LogP contribution in [0.15, 0.2) is 35.2 Å². The molecule has 0 saturated carbocycles. The van der Waals surface area contributed by atoms with Crippen molar-refractivity contribution in [3.63, 3.8) is 0 Å². The third kappa shape index (κ3) is 4.96. The molecular weight excluding hydrogens is 180 g/mol. The van der Waals surface area contributed by atoms with Crippen LogP contribution < -0.4 is 0 Å². The van der Waals surface area contributed by atoms with Crippen molar-refractivity contribution < 1.29 is 4.74 Å². The lowest BCUT2D eigenvalue weighted by atomic mass is 10.4. The van der Waals surface area contributed by atoms with Crippen LogP contribution in [0.5, 0.6) is 0 Å². The molecule has 2 heteroatoms. The molecule has 1 aromatic carbocycles. The van der Waals surface area contributed by atoms with Gasteiger partial charge in [0.05, 0.1) is 5.94 Å². The first kappa shape index (κ1) is 10.6. The SMILES string of the molecule is CCCCOCSc1ccccc1. The maximum absolute atomic E-state index is 5.44. The Kier molecular flexibility index (Phi) is 5.70. The first-order valence-electron chi connectivity index (χ1n) is 4.69. The lowest BCUT2D eigenvalue weighted by Gasteiger charge is -2.02. The Morgan fingerprint density at radius 3 is 2.69 bits per heavy atom. The van der Waals surface area contributed by atoms with Crippen molar-refractivity contribution in [2.24, 2.45) is 0 Å². The molecule has 0 spiro atoms. The van der Waals surface area contributed by atoms with E-state index in [1.807, 2.05) is 18.2 Å². The summed E-state index contributed by atoms with van der Waals surface area (Å²) in [7, 11) is 0. The molecular formula is C11H16OS. The van der Waals surface area contributed by atoms with Gasteiger partial charge in [0, 0.05) is 11.5 Å². The molecule has 1 nitrogen and oxygen atoms in total. The number of thioether (sulfide) groups is 1. The van der Waals surface area contributed by atoms with E-state index in [9.17, 15) is 0 Å². The minimum absolute atomic E-state index is 0.768. The van der Waals surface area contributed by atoms with Gasteiger partial charge in [-0.05, 0) is 18.6 Å². The highest BCUT2D eigenvalue weighted by Gasteiger charge is 1.91. The average Bonchev–Trinajstić information content (AvgIpc) is 2.19. The quantitative estimate of drug-likeness (QED) is 0.391. The molecule has 0 aliphatic rings. The molecule has 0 N–H and O–H groups in total. The van der Waals surface area contributed by atoms with Gasteiger partial charge in [0.25, 0.3) is 0 Å². The number of ether oxygens (including phenoxy) is 1. The van der Waals surface area contributed by atoms with Gasteiger partial charge in [0.15, 0.2) is 0 Å². The van der Waals surface area contributed by atoms with E-state index < -0.39 is 0 Å². The standard InChI is InChI=1S/C11H16OS/c1-2-3-9-12-10-13-11-7-5-4-6-8-11/h4-8H,2-3,9-10H2,1H3. The van der Waals surface area contributed by atoms with Gasteiger partial charge in [-0.2, -0.15) is 0 Å². The summed E-state index contributed by atoms with van der Waals surface area (Å²) in [5.74, 6) is 0.768. The Morgan fingerprint density at radius 1 is 1.23 bits per heavy atom. The van der Waals surface area contributed by atoms with E-state index >= 15 is 0 Å². The van der Waals surface area contributed by atoms with Crippen molar-refractivity contribution in [2.45, 2.75) is 24.7 Å². The highest BCUT2D eigenvalue weighted by atomic mass is 32.2. The fraction of sp³-hybridized carbons (Fsp3) is 0.455. The molecule has 72 valence electrons. The average molecular weight is 196 g/mol. The first-order valence-corrected chi connectivity index (χ1v) is 5.67. The molecule has 0 aliphatic carbocycles. The summed E-state index contributed by atoms with van der Waals surface area (Å²) in [5.41, 5.74) is 0. The molecule has 0 amide bonds. The minimum Gasteiger partial charge on any atom is -0.371 e. The van der Waals surface area contributed by atoms with Crippen LogP contribution in [-0.4, -0.2) is 12.5 Å². The summed E-state index contributed by atoms with van der Waals surface area (Å²) < 4.78 is 5.44. The van der Waals surface area contributed by atoms with E-state index in [1.54, 1.807) is 11.8 Å². The first-order chi connectivity index (χ1) is 6.43. The zero-order chi connectivity index (χ0) is 9.36.